The molecular formula is C24H20FN3O3S. The number of ether oxygens (including phenoxy) is 1. The number of nitrogens with one attached hydrogen (secondary N) is 1. The maximum atomic E-state index is 13.7. The van der Waals surface area contributed by atoms with E-state index in [9.17, 15) is 12.8 Å². The number of hydrogen-bond acceptors (Lipinski definition) is 4. The van der Waals surface area contributed by atoms with Gasteiger partial charge in [-0.05, 0) is 72.7 Å². The Labute approximate surface area is 183 Å². The summed E-state index contributed by atoms with van der Waals surface area (Å²) >= 11 is 0. The molecule has 0 saturated heterocycles. The van der Waals surface area contributed by atoms with Crippen molar-refractivity contribution in [1.82, 2.24) is 14.8 Å². The third kappa shape index (κ3) is 2.38. The fourth-order valence-electron chi connectivity index (χ4n) is 5.92. The van der Waals surface area contributed by atoms with Gasteiger partial charge in [0.25, 0.3) is 0 Å². The Hall–Kier alpha value is -3.13. The minimum absolute atomic E-state index is 0.0310. The summed E-state index contributed by atoms with van der Waals surface area (Å²) in [5.41, 5.74) is 6.17. The highest BCUT2D eigenvalue weighted by molar-refractivity contribution is 7.95. The molecule has 3 aliphatic rings. The Bertz CT molecular complexity index is 1560. The molecule has 6 nitrogen and oxygen atoms in total. The van der Waals surface area contributed by atoms with E-state index in [0.717, 1.165) is 51.6 Å². The molecule has 2 aliphatic heterocycles. The SMILES string of the molecule is O=S1(=O)CCC2Cc3c(n(-c4ccc(F)cc4)c4cc5cn[nH]c5cc34)C3CCOC1=C23. The van der Waals surface area contributed by atoms with Crippen molar-refractivity contribution in [1.29, 1.82) is 0 Å². The van der Waals surface area contributed by atoms with E-state index in [1.54, 1.807) is 18.3 Å². The van der Waals surface area contributed by atoms with Gasteiger partial charge in [0, 0.05) is 28.1 Å². The normalized spacial score (nSPS) is 23.8. The summed E-state index contributed by atoms with van der Waals surface area (Å²) in [6, 6.07) is 10.8. The van der Waals surface area contributed by atoms with Gasteiger partial charge in [0.2, 0.25) is 14.9 Å². The van der Waals surface area contributed by atoms with Crippen LogP contribution in [0.5, 0.6) is 0 Å². The summed E-state index contributed by atoms with van der Waals surface area (Å²) in [5, 5.41) is 9.61. The minimum Gasteiger partial charge on any atom is -0.483 e. The molecule has 0 amide bonds. The van der Waals surface area contributed by atoms with Gasteiger partial charge in [-0.15, -0.1) is 0 Å². The van der Waals surface area contributed by atoms with Crippen LogP contribution < -0.4 is 0 Å². The highest BCUT2D eigenvalue weighted by Gasteiger charge is 2.46. The molecule has 0 fully saturated rings. The fraction of sp³-hybridized carbons (Fsp3) is 0.292. The second-order valence-electron chi connectivity index (χ2n) is 8.94. The summed E-state index contributed by atoms with van der Waals surface area (Å²) < 4.78 is 47.3. The van der Waals surface area contributed by atoms with Gasteiger partial charge in [-0.3, -0.25) is 5.10 Å². The molecular weight excluding hydrogens is 429 g/mol. The smallest absolute Gasteiger partial charge is 0.212 e. The Balaban J connectivity index is 1.60. The zero-order valence-corrected chi connectivity index (χ0v) is 18.0. The van der Waals surface area contributed by atoms with Crippen molar-refractivity contribution in [3.05, 3.63) is 70.3 Å². The quantitative estimate of drug-likeness (QED) is 0.469. The van der Waals surface area contributed by atoms with Gasteiger partial charge in [0.1, 0.15) is 5.82 Å². The molecule has 0 bridgehead atoms. The van der Waals surface area contributed by atoms with E-state index in [2.05, 4.69) is 26.9 Å². The van der Waals surface area contributed by atoms with E-state index in [0.29, 0.717) is 13.0 Å². The van der Waals surface area contributed by atoms with Gasteiger partial charge in [0.05, 0.1) is 29.6 Å². The Kier molecular flexibility index (Phi) is 3.59. The van der Waals surface area contributed by atoms with Crippen LogP contribution in [0.1, 0.15) is 30.0 Å². The largest absolute Gasteiger partial charge is 0.483 e. The molecule has 0 spiro atoms. The zero-order chi connectivity index (χ0) is 21.6. The number of allylic oxidation sites excluding steroid dienone is 1. The number of hydrogen-bond donors (Lipinski definition) is 1. The standard InChI is InChI=1S/C24H20FN3O3S/c25-15-1-3-16(4-2-15)28-21-10-14-12-26-27-20(14)11-18(21)19-9-13-6-8-32(29,30)24-22(13)17(23(19)28)5-7-31-24/h1-4,10-13,17H,5-9H2,(H,26,27). The number of rotatable bonds is 1. The van der Waals surface area contributed by atoms with Crippen LogP contribution in [-0.2, 0) is 21.0 Å². The summed E-state index contributed by atoms with van der Waals surface area (Å²) in [6.07, 6.45) is 3.93. The predicted molar refractivity (Wildman–Crippen MR) is 119 cm³/mol. The third-order valence-electron chi connectivity index (χ3n) is 7.25. The molecule has 8 heteroatoms. The zero-order valence-electron chi connectivity index (χ0n) is 17.1. The van der Waals surface area contributed by atoms with E-state index >= 15 is 0 Å². The minimum atomic E-state index is -3.38. The van der Waals surface area contributed by atoms with Gasteiger partial charge in [0.15, 0.2) is 0 Å². The monoisotopic (exact) mass is 449 g/mol. The van der Waals surface area contributed by atoms with Gasteiger partial charge in [-0.1, -0.05) is 0 Å². The van der Waals surface area contributed by atoms with Crippen molar-refractivity contribution in [2.75, 3.05) is 12.4 Å². The Morgan fingerprint density at radius 2 is 2.00 bits per heavy atom. The number of aromatic nitrogens is 3. The molecule has 4 aromatic rings. The first-order chi connectivity index (χ1) is 15.5. The van der Waals surface area contributed by atoms with Crippen molar-refractivity contribution >= 4 is 31.6 Å². The molecule has 0 radical (unpaired) electrons. The first-order valence-electron chi connectivity index (χ1n) is 10.9. The van der Waals surface area contributed by atoms with E-state index in [1.807, 2.05) is 0 Å². The third-order valence-corrected chi connectivity index (χ3v) is 8.94. The number of H-pyrrole nitrogens is 1. The average molecular weight is 450 g/mol. The van der Waals surface area contributed by atoms with Crippen molar-refractivity contribution < 1.29 is 17.5 Å². The summed E-state index contributed by atoms with van der Waals surface area (Å²) in [7, 11) is -3.38. The van der Waals surface area contributed by atoms with Gasteiger partial charge in [-0.2, -0.15) is 5.10 Å². The highest BCUT2D eigenvalue weighted by atomic mass is 32.2. The first-order valence-corrected chi connectivity index (χ1v) is 12.5. The van der Waals surface area contributed by atoms with E-state index in [-0.39, 0.29) is 28.5 Å². The van der Waals surface area contributed by atoms with Crippen LogP contribution in [-0.4, -0.2) is 35.5 Å². The Morgan fingerprint density at radius 3 is 2.84 bits per heavy atom. The number of halogens is 1. The molecule has 32 heavy (non-hydrogen) atoms. The number of benzene rings is 2. The summed E-state index contributed by atoms with van der Waals surface area (Å²) in [6.45, 7) is 0.380. The molecule has 4 heterocycles. The Morgan fingerprint density at radius 1 is 1.16 bits per heavy atom. The number of fused-ring (bicyclic) bond motifs is 5. The van der Waals surface area contributed by atoms with Crippen LogP contribution in [0.2, 0.25) is 0 Å². The highest BCUT2D eigenvalue weighted by Crippen LogP contribution is 2.53. The van der Waals surface area contributed by atoms with E-state index in [1.165, 1.54) is 17.7 Å². The average Bonchev–Trinajstić information content (AvgIpc) is 3.37. The lowest BCUT2D eigenvalue weighted by Gasteiger charge is -2.40. The van der Waals surface area contributed by atoms with Crippen LogP contribution in [0.25, 0.3) is 27.5 Å². The van der Waals surface area contributed by atoms with Crippen LogP contribution in [0.3, 0.4) is 0 Å². The van der Waals surface area contributed by atoms with Gasteiger partial charge < -0.3 is 9.30 Å². The van der Waals surface area contributed by atoms with Crippen LogP contribution in [0.4, 0.5) is 4.39 Å². The fourth-order valence-corrected chi connectivity index (χ4v) is 7.63. The molecule has 2 aromatic heterocycles. The number of nitrogens with zero attached hydrogens (tertiary/aromatic N) is 2. The maximum Gasteiger partial charge on any atom is 0.212 e. The predicted octanol–water partition coefficient (Wildman–Crippen LogP) is 4.35. The summed E-state index contributed by atoms with van der Waals surface area (Å²) in [5.74, 6) is -0.0155. The lowest BCUT2D eigenvalue weighted by atomic mass is 9.72. The van der Waals surface area contributed by atoms with E-state index in [4.69, 9.17) is 4.74 Å². The second kappa shape index (κ2) is 6.22. The molecule has 2 unspecified atom stereocenters. The van der Waals surface area contributed by atoms with Crippen molar-refractivity contribution in [3.63, 3.8) is 0 Å². The van der Waals surface area contributed by atoms with E-state index < -0.39 is 9.84 Å². The molecule has 0 saturated carbocycles. The number of sulfone groups is 1. The van der Waals surface area contributed by atoms with Crippen LogP contribution in [0.15, 0.2) is 53.3 Å². The van der Waals surface area contributed by atoms with Crippen molar-refractivity contribution in [2.24, 2.45) is 5.92 Å². The van der Waals surface area contributed by atoms with Crippen LogP contribution in [0, 0.1) is 11.7 Å². The van der Waals surface area contributed by atoms with Crippen molar-refractivity contribution in [3.8, 4) is 5.69 Å². The molecule has 2 atom stereocenters. The number of aromatic amines is 1. The molecule has 7 rings (SSSR count). The van der Waals surface area contributed by atoms with Gasteiger partial charge in [-0.25, -0.2) is 12.8 Å². The van der Waals surface area contributed by atoms with Gasteiger partial charge >= 0.3 is 0 Å². The van der Waals surface area contributed by atoms with Crippen LogP contribution >= 0.6 is 0 Å². The first kappa shape index (κ1) is 18.4. The summed E-state index contributed by atoms with van der Waals surface area (Å²) in [4.78, 5) is 0. The second-order valence-corrected chi connectivity index (χ2v) is 11.0. The lowest BCUT2D eigenvalue weighted by molar-refractivity contribution is 0.184. The maximum absolute atomic E-state index is 13.7. The molecule has 1 N–H and O–H groups in total. The topological polar surface area (TPSA) is 77.0 Å². The van der Waals surface area contributed by atoms with Crippen molar-refractivity contribution in [2.45, 2.75) is 25.2 Å². The molecule has 2 aromatic carbocycles. The lowest BCUT2D eigenvalue weighted by Crippen LogP contribution is -2.36. The molecule has 1 aliphatic carbocycles. The molecule has 162 valence electrons.